The van der Waals surface area contributed by atoms with Gasteiger partial charge in [-0.3, -0.25) is 9.59 Å². The summed E-state index contributed by atoms with van der Waals surface area (Å²) >= 11 is 1.73. The maximum atomic E-state index is 13.1. The lowest BCUT2D eigenvalue weighted by molar-refractivity contribution is -0.123. The highest BCUT2D eigenvalue weighted by Crippen LogP contribution is 2.28. The number of hydrogen-bond acceptors (Lipinski definition) is 5. The Balaban J connectivity index is 1.43. The van der Waals surface area contributed by atoms with Crippen LogP contribution >= 0.6 is 11.3 Å². The molecule has 4 rings (SSSR count). The van der Waals surface area contributed by atoms with Crippen LogP contribution < -0.4 is 10.6 Å². The van der Waals surface area contributed by atoms with Gasteiger partial charge >= 0.3 is 0 Å². The first kappa shape index (κ1) is 27.6. The molecule has 2 N–H and O–H groups in total. The smallest absolute Gasteiger partial charge is 0.252 e. The van der Waals surface area contributed by atoms with Crippen LogP contribution in [-0.4, -0.2) is 40.6 Å². The Morgan fingerprint density at radius 1 is 1.13 bits per heavy atom. The van der Waals surface area contributed by atoms with Gasteiger partial charge in [0.2, 0.25) is 5.91 Å². The fraction of sp³-hybridized carbons (Fsp3) is 0.433. The van der Waals surface area contributed by atoms with Gasteiger partial charge in [-0.15, -0.1) is 11.3 Å². The zero-order valence-electron chi connectivity index (χ0n) is 22.5. The highest BCUT2D eigenvalue weighted by atomic mass is 32.1. The van der Waals surface area contributed by atoms with Gasteiger partial charge in [-0.05, 0) is 73.9 Å². The molecule has 0 saturated carbocycles. The number of ether oxygens (including phenoxy) is 1. The molecule has 0 saturated heterocycles. The average molecular weight is 535 g/mol. The lowest BCUT2D eigenvalue weighted by Crippen LogP contribution is -2.47. The number of fused-ring (bicyclic) bond motifs is 1. The van der Waals surface area contributed by atoms with Crippen molar-refractivity contribution in [2.24, 2.45) is 0 Å². The van der Waals surface area contributed by atoms with E-state index in [0.717, 1.165) is 54.7 Å². The van der Waals surface area contributed by atoms with E-state index in [1.807, 2.05) is 37.3 Å². The number of carbonyl (C=O) groups is 2. The number of rotatable bonds is 13. The second kappa shape index (κ2) is 13.4. The number of thiophene rings is 1. The molecule has 1 aliphatic carbocycles. The standard InChI is InChI=1S/C30H38N4O3S/c1-4-22(5-2)34-27-15-14-21(19-26(27)32-28(34)20-24-13-10-18-38-24)29(35)33-25(6-3)30(36)31-16-17-37-23-11-8-7-9-12-23/h8,10-15,18-19,22,25H,4-7,9,16-17,20H2,1-3H3,(H,31,36)(H,33,35)/t25-/m0/s1. The summed E-state index contributed by atoms with van der Waals surface area (Å²) in [5.74, 6) is 1.36. The molecule has 2 amide bonds. The predicted molar refractivity (Wildman–Crippen MR) is 153 cm³/mol. The molecular weight excluding hydrogens is 496 g/mol. The molecule has 7 nitrogen and oxygen atoms in total. The molecule has 1 aliphatic rings. The van der Waals surface area contributed by atoms with Crippen molar-refractivity contribution >= 4 is 34.2 Å². The first-order chi connectivity index (χ1) is 18.5. The Hall–Kier alpha value is -3.39. The third-order valence-electron chi connectivity index (χ3n) is 6.91. The molecule has 0 aliphatic heterocycles. The van der Waals surface area contributed by atoms with Crippen molar-refractivity contribution < 1.29 is 14.3 Å². The summed E-state index contributed by atoms with van der Waals surface area (Å²) in [6.07, 6.45) is 11.4. The lowest BCUT2D eigenvalue weighted by Gasteiger charge is -2.19. The summed E-state index contributed by atoms with van der Waals surface area (Å²) in [5.41, 5.74) is 2.34. The minimum absolute atomic E-state index is 0.213. The van der Waals surface area contributed by atoms with E-state index in [1.54, 1.807) is 11.3 Å². The first-order valence-electron chi connectivity index (χ1n) is 13.6. The van der Waals surface area contributed by atoms with Gasteiger partial charge in [0, 0.05) is 22.9 Å². The molecule has 0 spiro atoms. The highest BCUT2D eigenvalue weighted by molar-refractivity contribution is 7.09. The van der Waals surface area contributed by atoms with Crippen LogP contribution in [0.3, 0.4) is 0 Å². The normalized spacial score (nSPS) is 13.9. The van der Waals surface area contributed by atoms with Gasteiger partial charge < -0.3 is 19.9 Å². The Morgan fingerprint density at radius 3 is 2.66 bits per heavy atom. The zero-order valence-corrected chi connectivity index (χ0v) is 23.4. The third kappa shape index (κ3) is 6.72. The van der Waals surface area contributed by atoms with Crippen LogP contribution in [0.4, 0.5) is 0 Å². The van der Waals surface area contributed by atoms with E-state index in [9.17, 15) is 9.59 Å². The Labute approximate surface area is 229 Å². The van der Waals surface area contributed by atoms with Crippen molar-refractivity contribution in [3.05, 3.63) is 76.0 Å². The van der Waals surface area contributed by atoms with Gasteiger partial charge in [0.1, 0.15) is 24.2 Å². The van der Waals surface area contributed by atoms with Crippen molar-refractivity contribution in [3.8, 4) is 0 Å². The molecule has 0 unspecified atom stereocenters. The fourth-order valence-corrected chi connectivity index (χ4v) is 5.50. The maximum absolute atomic E-state index is 13.1. The van der Waals surface area contributed by atoms with Gasteiger partial charge in [0.25, 0.3) is 5.91 Å². The van der Waals surface area contributed by atoms with E-state index >= 15 is 0 Å². The minimum atomic E-state index is -0.622. The Kier molecular flexibility index (Phi) is 9.76. The number of allylic oxidation sites excluding steroid dienone is 3. The molecule has 8 heteroatoms. The van der Waals surface area contributed by atoms with E-state index in [1.165, 1.54) is 4.88 Å². The minimum Gasteiger partial charge on any atom is -0.492 e. The maximum Gasteiger partial charge on any atom is 0.252 e. The van der Waals surface area contributed by atoms with Gasteiger partial charge in [0.05, 0.1) is 17.6 Å². The van der Waals surface area contributed by atoms with Crippen molar-refractivity contribution in [2.75, 3.05) is 13.2 Å². The lowest BCUT2D eigenvalue weighted by atomic mass is 10.1. The van der Waals surface area contributed by atoms with Gasteiger partial charge in [-0.2, -0.15) is 0 Å². The SMILES string of the molecule is CCC(CC)n1c(Cc2cccs2)nc2cc(C(=O)N[C@@H](CC)C(=O)NCCOC3=CCCC=C3)ccc21. The average Bonchev–Trinajstić information content (AvgIpc) is 3.58. The van der Waals surface area contributed by atoms with E-state index in [-0.39, 0.29) is 11.8 Å². The van der Waals surface area contributed by atoms with Crippen LogP contribution in [0.25, 0.3) is 11.0 Å². The van der Waals surface area contributed by atoms with Crippen LogP contribution in [-0.2, 0) is 16.0 Å². The number of amides is 2. The van der Waals surface area contributed by atoms with Crippen LogP contribution in [0.15, 0.2) is 59.7 Å². The molecule has 0 bridgehead atoms. The number of imidazole rings is 1. The summed E-state index contributed by atoms with van der Waals surface area (Å²) in [6.45, 7) is 7.04. The number of nitrogens with zero attached hydrogens (tertiary/aromatic N) is 2. The molecule has 202 valence electrons. The van der Waals surface area contributed by atoms with E-state index < -0.39 is 6.04 Å². The van der Waals surface area contributed by atoms with E-state index in [2.05, 4.69) is 52.6 Å². The largest absolute Gasteiger partial charge is 0.492 e. The van der Waals surface area contributed by atoms with Crippen LogP contribution in [0.1, 0.15) is 80.0 Å². The molecule has 0 fully saturated rings. The molecule has 1 aromatic carbocycles. The van der Waals surface area contributed by atoms with Crippen LogP contribution in [0, 0.1) is 0 Å². The quantitative estimate of drug-likeness (QED) is 0.266. The Bertz CT molecular complexity index is 1290. The monoisotopic (exact) mass is 534 g/mol. The summed E-state index contributed by atoms with van der Waals surface area (Å²) in [5, 5.41) is 7.85. The molecule has 1 atom stereocenters. The number of aromatic nitrogens is 2. The van der Waals surface area contributed by atoms with Gasteiger partial charge in [-0.1, -0.05) is 32.9 Å². The van der Waals surface area contributed by atoms with Crippen LogP contribution in [0.2, 0.25) is 0 Å². The summed E-state index contributed by atoms with van der Waals surface area (Å²) in [6, 6.07) is 9.57. The molecule has 2 heterocycles. The van der Waals surface area contributed by atoms with Gasteiger partial charge in [0.15, 0.2) is 0 Å². The highest BCUT2D eigenvalue weighted by Gasteiger charge is 2.22. The summed E-state index contributed by atoms with van der Waals surface area (Å²) in [4.78, 5) is 32.1. The number of carbonyl (C=O) groups excluding carboxylic acids is 2. The topological polar surface area (TPSA) is 85.2 Å². The zero-order chi connectivity index (χ0) is 26.9. The second-order valence-corrected chi connectivity index (χ2v) is 10.5. The van der Waals surface area contributed by atoms with Crippen molar-refractivity contribution in [1.29, 1.82) is 0 Å². The number of benzene rings is 1. The van der Waals surface area contributed by atoms with Crippen molar-refractivity contribution in [1.82, 2.24) is 20.2 Å². The number of nitrogens with one attached hydrogen (secondary N) is 2. The summed E-state index contributed by atoms with van der Waals surface area (Å²) in [7, 11) is 0. The molecule has 0 radical (unpaired) electrons. The molecule has 38 heavy (non-hydrogen) atoms. The van der Waals surface area contributed by atoms with E-state index in [4.69, 9.17) is 9.72 Å². The fourth-order valence-electron chi connectivity index (χ4n) is 4.80. The summed E-state index contributed by atoms with van der Waals surface area (Å²) < 4.78 is 8.01. The van der Waals surface area contributed by atoms with Crippen molar-refractivity contribution in [3.63, 3.8) is 0 Å². The van der Waals surface area contributed by atoms with E-state index in [0.29, 0.717) is 31.2 Å². The second-order valence-electron chi connectivity index (χ2n) is 9.49. The first-order valence-corrected chi connectivity index (χ1v) is 14.5. The molecule has 2 aromatic heterocycles. The Morgan fingerprint density at radius 2 is 1.97 bits per heavy atom. The van der Waals surface area contributed by atoms with Crippen LogP contribution in [0.5, 0.6) is 0 Å². The molecular formula is C30H38N4O3S. The van der Waals surface area contributed by atoms with Crippen molar-refractivity contribution in [2.45, 2.75) is 71.4 Å². The van der Waals surface area contributed by atoms with Gasteiger partial charge in [-0.25, -0.2) is 4.98 Å². The molecule has 3 aromatic rings. The third-order valence-corrected chi connectivity index (χ3v) is 7.78. The predicted octanol–water partition coefficient (Wildman–Crippen LogP) is 5.92. The number of hydrogen-bond donors (Lipinski definition) is 2.